The lowest BCUT2D eigenvalue weighted by atomic mass is 9.76. The van der Waals surface area contributed by atoms with Crippen molar-refractivity contribution in [2.75, 3.05) is 54.6 Å². The van der Waals surface area contributed by atoms with E-state index in [1.165, 1.54) is 30.5 Å². The molecule has 0 aromatic heterocycles. The van der Waals surface area contributed by atoms with Crippen molar-refractivity contribution in [2.24, 2.45) is 5.10 Å². The van der Waals surface area contributed by atoms with E-state index in [-0.39, 0.29) is 36.3 Å². The van der Waals surface area contributed by atoms with Gasteiger partial charge in [-0.05, 0) is 38.4 Å². The molecule has 7 nitrogen and oxygen atoms in total. The van der Waals surface area contributed by atoms with Gasteiger partial charge in [-0.1, -0.05) is 0 Å². The van der Waals surface area contributed by atoms with E-state index in [0.717, 1.165) is 6.42 Å². The molecule has 170 valence electrons. The molecule has 0 heterocycles. The quantitative estimate of drug-likeness (QED) is 0.294. The minimum atomic E-state index is -1.07. The molecule has 0 spiro atoms. The SMILES string of the molecule is COCCN(C)CCOc1ccc(C=NN(C)C2(C(=O)OC)CCC2)c(F)c1F.Cl. The molecular weight excluding hydrogens is 420 g/mol. The maximum atomic E-state index is 14.4. The number of esters is 1. The van der Waals surface area contributed by atoms with Crippen molar-refractivity contribution in [1.29, 1.82) is 0 Å². The normalized spacial score (nSPS) is 14.9. The number of nitrogens with zero attached hydrogens (tertiary/aromatic N) is 3. The van der Waals surface area contributed by atoms with E-state index < -0.39 is 17.2 Å². The first-order valence-electron chi connectivity index (χ1n) is 9.50. The monoisotopic (exact) mass is 449 g/mol. The molecule has 1 aliphatic carbocycles. The fourth-order valence-corrected chi connectivity index (χ4v) is 3.05. The van der Waals surface area contributed by atoms with Gasteiger partial charge in [0.15, 0.2) is 17.1 Å². The van der Waals surface area contributed by atoms with Crippen molar-refractivity contribution < 1.29 is 27.8 Å². The number of benzene rings is 1. The Morgan fingerprint density at radius 3 is 2.40 bits per heavy atom. The summed E-state index contributed by atoms with van der Waals surface area (Å²) in [5.41, 5.74) is -0.865. The predicted octanol–water partition coefficient (Wildman–Crippen LogP) is 2.71. The van der Waals surface area contributed by atoms with Gasteiger partial charge in [0, 0.05) is 32.8 Å². The van der Waals surface area contributed by atoms with Gasteiger partial charge in [-0.25, -0.2) is 9.18 Å². The summed E-state index contributed by atoms with van der Waals surface area (Å²) in [7, 11) is 6.45. The Morgan fingerprint density at radius 1 is 1.17 bits per heavy atom. The zero-order valence-electron chi connectivity index (χ0n) is 17.8. The zero-order chi connectivity index (χ0) is 21.4. The fourth-order valence-electron chi connectivity index (χ4n) is 3.05. The van der Waals surface area contributed by atoms with Crippen LogP contribution in [0, 0.1) is 11.6 Å². The third-order valence-electron chi connectivity index (χ3n) is 5.22. The van der Waals surface area contributed by atoms with Crippen molar-refractivity contribution in [3.8, 4) is 5.75 Å². The van der Waals surface area contributed by atoms with Crippen LogP contribution in [0.15, 0.2) is 17.2 Å². The molecule has 0 N–H and O–H groups in total. The number of carbonyl (C=O) groups excluding carboxylic acids is 1. The highest BCUT2D eigenvalue weighted by molar-refractivity contribution is 5.85. The van der Waals surface area contributed by atoms with Crippen LogP contribution in [0.2, 0.25) is 0 Å². The molecular formula is C20H30ClF2N3O4. The summed E-state index contributed by atoms with van der Waals surface area (Å²) in [5.74, 6) is -2.65. The Bertz CT molecular complexity index is 732. The second kappa shape index (κ2) is 12.0. The number of hydrogen-bond acceptors (Lipinski definition) is 7. The van der Waals surface area contributed by atoms with Crippen LogP contribution in [0.4, 0.5) is 8.78 Å². The lowest BCUT2D eigenvalue weighted by molar-refractivity contribution is -0.160. The Hall–Kier alpha value is -1.97. The molecule has 0 radical (unpaired) electrons. The average Bonchev–Trinajstić information content (AvgIpc) is 2.67. The Morgan fingerprint density at radius 2 is 1.83 bits per heavy atom. The van der Waals surface area contributed by atoms with Crippen LogP contribution in [0.25, 0.3) is 0 Å². The number of halogens is 3. The van der Waals surface area contributed by atoms with Crippen molar-refractivity contribution in [3.63, 3.8) is 0 Å². The highest BCUT2D eigenvalue weighted by Crippen LogP contribution is 2.38. The fraction of sp³-hybridized carbons (Fsp3) is 0.600. The van der Waals surface area contributed by atoms with Gasteiger partial charge in [-0.2, -0.15) is 9.49 Å². The number of hydrazone groups is 1. The molecule has 0 amide bonds. The van der Waals surface area contributed by atoms with Crippen LogP contribution in [-0.4, -0.2) is 82.2 Å². The van der Waals surface area contributed by atoms with E-state index in [4.69, 9.17) is 14.2 Å². The zero-order valence-corrected chi connectivity index (χ0v) is 18.6. The van der Waals surface area contributed by atoms with Crippen molar-refractivity contribution >= 4 is 24.6 Å². The largest absolute Gasteiger partial charge is 0.489 e. The molecule has 1 fully saturated rings. The molecule has 0 saturated heterocycles. The topological polar surface area (TPSA) is 63.6 Å². The van der Waals surface area contributed by atoms with Crippen LogP contribution < -0.4 is 4.74 Å². The van der Waals surface area contributed by atoms with Gasteiger partial charge in [0.1, 0.15) is 6.61 Å². The van der Waals surface area contributed by atoms with Gasteiger partial charge in [-0.15, -0.1) is 12.4 Å². The lowest BCUT2D eigenvalue weighted by Gasteiger charge is -2.44. The van der Waals surface area contributed by atoms with Gasteiger partial charge >= 0.3 is 5.97 Å². The number of ether oxygens (including phenoxy) is 3. The first-order valence-corrected chi connectivity index (χ1v) is 9.50. The number of rotatable bonds is 11. The molecule has 1 aromatic rings. The minimum Gasteiger partial charge on any atom is -0.489 e. The van der Waals surface area contributed by atoms with Crippen LogP contribution >= 0.6 is 12.4 Å². The third kappa shape index (κ3) is 6.02. The lowest BCUT2D eigenvalue weighted by Crippen LogP contribution is -2.56. The smallest absolute Gasteiger partial charge is 0.333 e. The molecule has 30 heavy (non-hydrogen) atoms. The highest BCUT2D eigenvalue weighted by atomic mass is 35.5. The number of methoxy groups -OCH3 is 2. The van der Waals surface area contributed by atoms with Gasteiger partial charge in [-0.3, -0.25) is 5.01 Å². The van der Waals surface area contributed by atoms with E-state index in [0.29, 0.717) is 32.5 Å². The second-order valence-electron chi connectivity index (χ2n) is 7.07. The Kier molecular flexibility index (Phi) is 10.4. The second-order valence-corrected chi connectivity index (χ2v) is 7.07. The molecule has 0 aliphatic heterocycles. The molecule has 10 heteroatoms. The average molecular weight is 450 g/mol. The highest BCUT2D eigenvalue weighted by Gasteiger charge is 2.49. The van der Waals surface area contributed by atoms with E-state index in [2.05, 4.69) is 5.10 Å². The van der Waals surface area contributed by atoms with Crippen molar-refractivity contribution in [1.82, 2.24) is 9.91 Å². The molecule has 0 unspecified atom stereocenters. The van der Waals surface area contributed by atoms with Gasteiger partial charge < -0.3 is 19.1 Å². The molecule has 1 saturated carbocycles. The summed E-state index contributed by atoms with van der Waals surface area (Å²) in [4.78, 5) is 14.0. The van der Waals surface area contributed by atoms with E-state index in [1.807, 2.05) is 11.9 Å². The van der Waals surface area contributed by atoms with E-state index in [9.17, 15) is 13.6 Å². The summed E-state index contributed by atoms with van der Waals surface area (Å²) in [6.07, 6.45) is 3.29. The maximum Gasteiger partial charge on any atom is 0.333 e. The number of carbonyl (C=O) groups is 1. The number of hydrogen-bond donors (Lipinski definition) is 0. The van der Waals surface area contributed by atoms with E-state index in [1.54, 1.807) is 14.2 Å². The molecule has 1 aliphatic rings. The van der Waals surface area contributed by atoms with Gasteiger partial charge in [0.25, 0.3) is 0 Å². The molecule has 1 aromatic carbocycles. The van der Waals surface area contributed by atoms with E-state index >= 15 is 0 Å². The Labute approximate surface area is 182 Å². The predicted molar refractivity (Wildman–Crippen MR) is 112 cm³/mol. The van der Waals surface area contributed by atoms with Crippen LogP contribution in [0.3, 0.4) is 0 Å². The Balaban J connectivity index is 0.00000450. The maximum absolute atomic E-state index is 14.4. The first kappa shape index (κ1) is 26.1. The number of likely N-dealkylation sites (N-methyl/N-ethyl adjacent to an activating group) is 2. The summed E-state index contributed by atoms with van der Waals surface area (Å²) in [6.45, 7) is 2.06. The summed E-state index contributed by atoms with van der Waals surface area (Å²) in [5, 5.41) is 5.60. The van der Waals surface area contributed by atoms with Gasteiger partial charge in [0.05, 0.1) is 19.9 Å². The van der Waals surface area contributed by atoms with Crippen molar-refractivity contribution in [3.05, 3.63) is 29.3 Å². The molecule has 0 atom stereocenters. The first-order chi connectivity index (χ1) is 13.9. The minimum absolute atomic E-state index is 0. The van der Waals surface area contributed by atoms with Crippen LogP contribution in [0.1, 0.15) is 24.8 Å². The van der Waals surface area contributed by atoms with Crippen molar-refractivity contribution in [2.45, 2.75) is 24.8 Å². The summed E-state index contributed by atoms with van der Waals surface area (Å²) < 4.78 is 43.9. The molecule has 0 bridgehead atoms. The van der Waals surface area contributed by atoms with Gasteiger partial charge in [0.2, 0.25) is 5.82 Å². The third-order valence-corrected chi connectivity index (χ3v) is 5.22. The standard InChI is InChI=1S/C20H29F2N3O4.ClH/c1-24(10-12-27-3)11-13-29-16-7-6-15(17(21)18(16)22)14-23-25(2)20(8-5-9-20)19(26)28-4;/h6-7,14H,5,8-13H2,1-4H3;1H. The summed E-state index contributed by atoms with van der Waals surface area (Å²) in [6, 6.07) is 2.76. The van der Waals surface area contributed by atoms with Crippen LogP contribution in [-0.2, 0) is 14.3 Å². The molecule has 2 rings (SSSR count). The summed E-state index contributed by atoms with van der Waals surface area (Å²) >= 11 is 0. The van der Waals surface area contributed by atoms with Crippen LogP contribution in [0.5, 0.6) is 5.75 Å².